The maximum absolute atomic E-state index is 10.1. The molecule has 0 radical (unpaired) electrons. The van der Waals surface area contributed by atoms with Gasteiger partial charge in [0.25, 0.3) is 0 Å². The largest absolute Gasteiger partial charge is 0.390 e. The third kappa shape index (κ3) is 3.58. The molecule has 1 saturated carbocycles. The Balaban J connectivity index is 2.16. The van der Waals surface area contributed by atoms with Crippen LogP contribution in [-0.2, 0) is 0 Å². The zero-order chi connectivity index (χ0) is 13.9. The second kappa shape index (κ2) is 5.76. The molecule has 2 rings (SSSR count). The molecule has 1 aromatic rings. The molecule has 1 aliphatic rings. The molecule has 6 heteroatoms. The van der Waals surface area contributed by atoms with Gasteiger partial charge in [0.2, 0.25) is 0 Å². The van der Waals surface area contributed by atoms with Gasteiger partial charge in [0, 0.05) is 6.04 Å². The zero-order valence-electron chi connectivity index (χ0n) is 11.2. The van der Waals surface area contributed by atoms with Crippen LogP contribution in [0.25, 0.3) is 0 Å². The van der Waals surface area contributed by atoms with Crippen LogP contribution in [-0.4, -0.2) is 33.0 Å². The molecule has 1 heterocycles. The second-order valence-electron chi connectivity index (χ2n) is 5.17. The van der Waals surface area contributed by atoms with Gasteiger partial charge in [0.1, 0.15) is 17.5 Å². The minimum absolute atomic E-state index is 0.153. The molecule has 0 saturated heterocycles. The van der Waals surface area contributed by atoms with E-state index in [4.69, 9.17) is 5.26 Å². The van der Waals surface area contributed by atoms with Gasteiger partial charge < -0.3 is 10.4 Å². The quantitative estimate of drug-likeness (QED) is 0.651. The first-order valence-corrected chi connectivity index (χ1v) is 7.56. The van der Waals surface area contributed by atoms with E-state index in [-0.39, 0.29) is 6.04 Å². The summed E-state index contributed by atoms with van der Waals surface area (Å²) in [6.07, 6.45) is 6.91. The number of aliphatic hydroxyl groups is 1. The predicted octanol–water partition coefficient (Wildman–Crippen LogP) is 2.18. The summed E-state index contributed by atoms with van der Waals surface area (Å²) in [5.74, 6) is 0.574. The molecular formula is C13H18N4OS. The van der Waals surface area contributed by atoms with Crippen molar-refractivity contribution >= 4 is 17.6 Å². The number of nitrogens with zero attached hydrogens (tertiary/aromatic N) is 3. The van der Waals surface area contributed by atoms with Crippen LogP contribution < -0.4 is 5.32 Å². The highest BCUT2D eigenvalue weighted by atomic mass is 32.2. The summed E-state index contributed by atoms with van der Waals surface area (Å²) >= 11 is 1.44. The van der Waals surface area contributed by atoms with Gasteiger partial charge >= 0.3 is 0 Å². The summed E-state index contributed by atoms with van der Waals surface area (Å²) in [5.41, 5.74) is -0.180. The van der Waals surface area contributed by atoms with Crippen LogP contribution in [0.2, 0.25) is 0 Å². The molecule has 0 spiro atoms. The number of thioether (sulfide) groups is 1. The molecule has 19 heavy (non-hydrogen) atoms. The molecular weight excluding hydrogens is 260 g/mol. The second-order valence-corrected chi connectivity index (χ2v) is 5.94. The van der Waals surface area contributed by atoms with Crippen LogP contribution in [0.1, 0.15) is 38.2 Å². The maximum atomic E-state index is 10.1. The van der Waals surface area contributed by atoms with E-state index in [9.17, 15) is 5.11 Å². The first-order valence-electron chi connectivity index (χ1n) is 6.34. The zero-order valence-corrected chi connectivity index (χ0v) is 12.0. The molecule has 1 fully saturated rings. The molecule has 0 unspecified atom stereocenters. The Morgan fingerprint density at radius 2 is 2.42 bits per heavy atom. The van der Waals surface area contributed by atoms with Gasteiger partial charge in [-0.3, -0.25) is 0 Å². The van der Waals surface area contributed by atoms with Crippen molar-refractivity contribution in [2.45, 2.75) is 49.4 Å². The average Bonchev–Trinajstić information content (AvgIpc) is 2.37. The van der Waals surface area contributed by atoms with E-state index >= 15 is 0 Å². The van der Waals surface area contributed by atoms with Crippen LogP contribution in [0.3, 0.4) is 0 Å². The fraction of sp³-hybridized carbons (Fsp3) is 0.615. The lowest BCUT2D eigenvalue weighted by Gasteiger charge is -2.34. The van der Waals surface area contributed by atoms with Crippen molar-refractivity contribution in [3.05, 3.63) is 11.8 Å². The van der Waals surface area contributed by atoms with Crippen molar-refractivity contribution < 1.29 is 5.11 Å². The average molecular weight is 278 g/mol. The molecule has 0 bridgehead atoms. The van der Waals surface area contributed by atoms with Crippen LogP contribution in [0, 0.1) is 11.3 Å². The maximum Gasteiger partial charge on any atom is 0.189 e. The number of aromatic nitrogens is 2. The summed E-state index contributed by atoms with van der Waals surface area (Å²) in [5, 5.41) is 23.1. The summed E-state index contributed by atoms with van der Waals surface area (Å²) < 4.78 is 0. The number of nitrogens with one attached hydrogen (secondary N) is 1. The van der Waals surface area contributed by atoms with Gasteiger partial charge in [-0.1, -0.05) is 11.8 Å². The molecule has 0 aliphatic heterocycles. The molecule has 0 aromatic carbocycles. The van der Waals surface area contributed by atoms with Crippen LogP contribution >= 0.6 is 11.8 Å². The van der Waals surface area contributed by atoms with Crippen LogP contribution in [0.5, 0.6) is 0 Å². The van der Waals surface area contributed by atoms with E-state index in [0.29, 0.717) is 23.0 Å². The number of anilines is 1. The van der Waals surface area contributed by atoms with E-state index in [0.717, 1.165) is 19.3 Å². The van der Waals surface area contributed by atoms with Gasteiger partial charge in [-0.2, -0.15) is 5.26 Å². The molecule has 1 aromatic heterocycles. The lowest BCUT2D eigenvalue weighted by molar-refractivity contribution is 0.0182. The van der Waals surface area contributed by atoms with Gasteiger partial charge in [0.05, 0.1) is 11.8 Å². The summed E-state index contributed by atoms with van der Waals surface area (Å²) in [6, 6.07) is 2.25. The number of nitriles is 1. The lowest BCUT2D eigenvalue weighted by atomic mass is 9.83. The fourth-order valence-electron chi connectivity index (χ4n) is 2.44. The van der Waals surface area contributed by atoms with Crippen molar-refractivity contribution in [2.75, 3.05) is 11.6 Å². The Morgan fingerprint density at radius 1 is 1.63 bits per heavy atom. The molecule has 5 nitrogen and oxygen atoms in total. The molecule has 102 valence electrons. The Labute approximate surface area is 117 Å². The Bertz CT molecular complexity index is 498. The molecule has 1 aliphatic carbocycles. The highest BCUT2D eigenvalue weighted by Gasteiger charge is 2.30. The van der Waals surface area contributed by atoms with Gasteiger partial charge in [-0.25, -0.2) is 9.97 Å². The predicted molar refractivity (Wildman–Crippen MR) is 75.0 cm³/mol. The fourth-order valence-corrected chi connectivity index (χ4v) is 2.78. The minimum Gasteiger partial charge on any atom is -0.390 e. The van der Waals surface area contributed by atoms with Crippen molar-refractivity contribution in [3.63, 3.8) is 0 Å². The van der Waals surface area contributed by atoms with Crippen molar-refractivity contribution in [1.29, 1.82) is 5.26 Å². The van der Waals surface area contributed by atoms with Crippen molar-refractivity contribution in [2.24, 2.45) is 0 Å². The minimum atomic E-state index is -0.627. The standard InChI is InChI=1S/C13H18N4OS/c1-13(18)5-3-4-10(6-13)16-11-9(7-14)8-15-12(17-11)19-2/h8,10,18H,3-6H2,1-2H3,(H,15,16,17)/t10-,13+/m1/s1. The van der Waals surface area contributed by atoms with Crippen LogP contribution in [0.15, 0.2) is 11.4 Å². The third-order valence-corrected chi connectivity index (χ3v) is 3.93. The summed E-state index contributed by atoms with van der Waals surface area (Å²) in [6.45, 7) is 1.86. The Hall–Kier alpha value is -1.32. The summed E-state index contributed by atoms with van der Waals surface area (Å²) in [4.78, 5) is 8.43. The van der Waals surface area contributed by atoms with E-state index in [1.165, 1.54) is 11.8 Å². The Kier molecular flexibility index (Phi) is 4.27. The first kappa shape index (κ1) is 14.1. The van der Waals surface area contributed by atoms with Crippen LogP contribution in [0.4, 0.5) is 5.82 Å². The monoisotopic (exact) mass is 278 g/mol. The normalized spacial score (nSPS) is 26.7. The van der Waals surface area contributed by atoms with Gasteiger partial charge in [-0.05, 0) is 38.9 Å². The highest BCUT2D eigenvalue weighted by Crippen LogP contribution is 2.30. The Morgan fingerprint density at radius 3 is 3.05 bits per heavy atom. The number of rotatable bonds is 3. The number of hydrogen-bond acceptors (Lipinski definition) is 6. The number of hydrogen-bond donors (Lipinski definition) is 2. The van der Waals surface area contributed by atoms with E-state index in [2.05, 4.69) is 21.4 Å². The van der Waals surface area contributed by atoms with E-state index in [1.807, 2.05) is 13.2 Å². The summed E-state index contributed by atoms with van der Waals surface area (Å²) in [7, 11) is 0. The SMILES string of the molecule is CSc1ncc(C#N)c(N[C@@H]2CCC[C@](C)(O)C2)n1. The van der Waals surface area contributed by atoms with E-state index < -0.39 is 5.60 Å². The van der Waals surface area contributed by atoms with Gasteiger partial charge in [0.15, 0.2) is 5.16 Å². The first-order chi connectivity index (χ1) is 9.04. The molecule has 2 N–H and O–H groups in total. The van der Waals surface area contributed by atoms with Crippen molar-refractivity contribution in [3.8, 4) is 6.07 Å². The smallest absolute Gasteiger partial charge is 0.189 e. The topological polar surface area (TPSA) is 81.8 Å². The highest BCUT2D eigenvalue weighted by molar-refractivity contribution is 7.98. The molecule has 2 atom stereocenters. The van der Waals surface area contributed by atoms with E-state index in [1.54, 1.807) is 6.20 Å². The third-order valence-electron chi connectivity index (χ3n) is 3.36. The molecule has 0 amide bonds. The van der Waals surface area contributed by atoms with Crippen molar-refractivity contribution in [1.82, 2.24) is 9.97 Å². The van der Waals surface area contributed by atoms with Gasteiger partial charge in [-0.15, -0.1) is 0 Å². The lowest BCUT2D eigenvalue weighted by Crippen LogP contribution is -2.38.